The number of benzene rings is 2. The lowest BCUT2D eigenvalue weighted by atomic mass is 10.2. The summed E-state index contributed by atoms with van der Waals surface area (Å²) in [5.74, 6) is 2.05. The topological polar surface area (TPSA) is 82.9 Å². The second kappa shape index (κ2) is 9.48. The molecule has 1 N–H and O–H groups in total. The molecule has 7 heteroatoms. The van der Waals surface area contributed by atoms with Gasteiger partial charge in [0, 0.05) is 18.7 Å². The molecule has 25 heavy (non-hydrogen) atoms. The first-order valence-corrected chi connectivity index (χ1v) is 7.93. The van der Waals surface area contributed by atoms with Gasteiger partial charge in [0.05, 0.1) is 25.7 Å². The Morgan fingerprint density at radius 2 is 1.76 bits per heavy atom. The summed E-state index contributed by atoms with van der Waals surface area (Å²) in [5, 5.41) is 13.9. The Morgan fingerprint density at radius 1 is 1.04 bits per heavy atom. The summed E-state index contributed by atoms with van der Waals surface area (Å²) in [6, 6.07) is 11.9. The number of nitrogens with one attached hydrogen (secondary N) is 1. The lowest BCUT2D eigenvalue weighted by Crippen LogP contribution is -2.17. The Kier molecular flexibility index (Phi) is 7.03. The van der Waals surface area contributed by atoms with E-state index in [9.17, 15) is 10.1 Å². The lowest BCUT2D eigenvalue weighted by Gasteiger charge is -2.10. The molecule has 0 atom stereocenters. The van der Waals surface area contributed by atoms with Gasteiger partial charge in [-0.2, -0.15) is 0 Å². The van der Waals surface area contributed by atoms with E-state index in [0.29, 0.717) is 23.9 Å². The molecular formula is C18H22N2O5. The van der Waals surface area contributed by atoms with Gasteiger partial charge in [-0.15, -0.1) is 0 Å². The van der Waals surface area contributed by atoms with E-state index >= 15 is 0 Å². The highest BCUT2D eigenvalue weighted by atomic mass is 16.6. The number of nitrogens with zero attached hydrogens (tertiary/aromatic N) is 1. The van der Waals surface area contributed by atoms with Gasteiger partial charge in [0.15, 0.2) is 11.5 Å². The van der Waals surface area contributed by atoms with E-state index in [2.05, 4.69) is 5.32 Å². The molecule has 0 aliphatic carbocycles. The zero-order valence-electron chi connectivity index (χ0n) is 14.4. The minimum Gasteiger partial charge on any atom is -0.494 e. The average molecular weight is 346 g/mol. The summed E-state index contributed by atoms with van der Waals surface area (Å²) in [6.45, 7) is 2.05. The van der Waals surface area contributed by atoms with Crippen molar-refractivity contribution < 1.29 is 19.1 Å². The Bertz CT molecular complexity index is 688. The zero-order chi connectivity index (χ0) is 18.1. The first-order chi connectivity index (χ1) is 12.1. The van der Waals surface area contributed by atoms with Crippen LogP contribution in [0.15, 0.2) is 42.5 Å². The summed E-state index contributed by atoms with van der Waals surface area (Å²) in [6.07, 6.45) is 0.824. The summed E-state index contributed by atoms with van der Waals surface area (Å²) in [4.78, 5) is 10.2. The van der Waals surface area contributed by atoms with Crippen LogP contribution in [0.25, 0.3) is 0 Å². The van der Waals surface area contributed by atoms with Gasteiger partial charge in [-0.1, -0.05) is 6.07 Å². The molecule has 0 bridgehead atoms. The van der Waals surface area contributed by atoms with Gasteiger partial charge in [0.25, 0.3) is 5.69 Å². The molecule has 0 radical (unpaired) electrons. The summed E-state index contributed by atoms with van der Waals surface area (Å²) < 4.78 is 16.1. The maximum atomic E-state index is 10.6. The number of nitro benzene ring substituents is 1. The van der Waals surface area contributed by atoms with Crippen LogP contribution < -0.4 is 19.5 Å². The molecule has 2 aromatic carbocycles. The first-order valence-electron chi connectivity index (χ1n) is 7.93. The van der Waals surface area contributed by atoms with Crippen LogP contribution in [0, 0.1) is 10.1 Å². The SMILES string of the molecule is COc1ccc(CNCCCOc2ccc([N+](=O)[O-])cc2)cc1OC. The number of methoxy groups -OCH3 is 2. The first kappa shape index (κ1) is 18.5. The van der Waals surface area contributed by atoms with E-state index < -0.39 is 4.92 Å². The molecule has 2 rings (SSSR count). The quantitative estimate of drug-likeness (QED) is 0.404. The molecule has 0 saturated carbocycles. The normalized spacial score (nSPS) is 10.3. The van der Waals surface area contributed by atoms with Crippen molar-refractivity contribution in [2.45, 2.75) is 13.0 Å². The van der Waals surface area contributed by atoms with Crippen molar-refractivity contribution in [2.75, 3.05) is 27.4 Å². The maximum absolute atomic E-state index is 10.6. The molecular weight excluding hydrogens is 324 g/mol. The molecule has 0 unspecified atom stereocenters. The van der Waals surface area contributed by atoms with E-state index in [1.807, 2.05) is 18.2 Å². The predicted octanol–water partition coefficient (Wildman–Crippen LogP) is 3.17. The average Bonchev–Trinajstić information content (AvgIpc) is 2.64. The number of non-ortho nitro benzene ring substituents is 1. The fourth-order valence-corrected chi connectivity index (χ4v) is 2.27. The van der Waals surface area contributed by atoms with Gasteiger partial charge in [-0.05, 0) is 42.8 Å². The van der Waals surface area contributed by atoms with Gasteiger partial charge in [0.1, 0.15) is 5.75 Å². The van der Waals surface area contributed by atoms with Crippen molar-refractivity contribution in [2.24, 2.45) is 0 Å². The third kappa shape index (κ3) is 5.65. The van der Waals surface area contributed by atoms with Gasteiger partial charge < -0.3 is 19.5 Å². The van der Waals surface area contributed by atoms with Crippen LogP contribution in [0.5, 0.6) is 17.2 Å². The monoisotopic (exact) mass is 346 g/mol. The molecule has 0 aromatic heterocycles. The Morgan fingerprint density at radius 3 is 2.40 bits per heavy atom. The van der Waals surface area contributed by atoms with Crippen molar-refractivity contribution in [1.82, 2.24) is 5.32 Å². The van der Waals surface area contributed by atoms with Crippen LogP contribution >= 0.6 is 0 Å². The standard InChI is InChI=1S/C18H22N2O5/c1-23-17-9-4-14(12-18(17)24-2)13-19-10-3-11-25-16-7-5-15(6-8-16)20(21)22/h4-9,12,19H,3,10-11,13H2,1-2H3. The van der Waals surface area contributed by atoms with Crippen LogP contribution in [0.4, 0.5) is 5.69 Å². The number of nitro groups is 1. The largest absolute Gasteiger partial charge is 0.494 e. The second-order valence-corrected chi connectivity index (χ2v) is 5.32. The molecule has 0 heterocycles. The lowest BCUT2D eigenvalue weighted by molar-refractivity contribution is -0.384. The number of rotatable bonds is 10. The van der Waals surface area contributed by atoms with Crippen LogP contribution in [0.2, 0.25) is 0 Å². The maximum Gasteiger partial charge on any atom is 0.269 e. The van der Waals surface area contributed by atoms with Gasteiger partial charge >= 0.3 is 0 Å². The smallest absolute Gasteiger partial charge is 0.269 e. The second-order valence-electron chi connectivity index (χ2n) is 5.32. The van der Waals surface area contributed by atoms with E-state index in [1.165, 1.54) is 12.1 Å². The fourth-order valence-electron chi connectivity index (χ4n) is 2.27. The van der Waals surface area contributed by atoms with E-state index in [1.54, 1.807) is 26.4 Å². The van der Waals surface area contributed by atoms with Crippen molar-refractivity contribution in [3.8, 4) is 17.2 Å². The molecule has 0 aliphatic rings. The molecule has 134 valence electrons. The van der Waals surface area contributed by atoms with Crippen LogP contribution in [0.1, 0.15) is 12.0 Å². The van der Waals surface area contributed by atoms with E-state index in [0.717, 1.165) is 25.1 Å². The molecule has 0 aliphatic heterocycles. The minimum absolute atomic E-state index is 0.0592. The molecule has 7 nitrogen and oxygen atoms in total. The molecule has 0 amide bonds. The molecule has 0 fully saturated rings. The highest BCUT2D eigenvalue weighted by Crippen LogP contribution is 2.27. The zero-order valence-corrected chi connectivity index (χ0v) is 14.4. The van der Waals surface area contributed by atoms with Crippen LogP contribution in [-0.4, -0.2) is 32.3 Å². The highest BCUT2D eigenvalue weighted by Gasteiger charge is 2.05. The Labute approximate surface area is 146 Å². The Hall–Kier alpha value is -2.80. The Balaban J connectivity index is 1.67. The van der Waals surface area contributed by atoms with Gasteiger partial charge in [-0.25, -0.2) is 0 Å². The number of hydrogen-bond acceptors (Lipinski definition) is 6. The highest BCUT2D eigenvalue weighted by molar-refractivity contribution is 5.42. The molecule has 0 saturated heterocycles. The van der Waals surface area contributed by atoms with Gasteiger partial charge in [0.2, 0.25) is 0 Å². The van der Waals surface area contributed by atoms with Crippen molar-refractivity contribution in [3.63, 3.8) is 0 Å². The molecule has 2 aromatic rings. The van der Waals surface area contributed by atoms with E-state index in [4.69, 9.17) is 14.2 Å². The summed E-state index contributed by atoms with van der Waals surface area (Å²) in [7, 11) is 3.23. The van der Waals surface area contributed by atoms with E-state index in [-0.39, 0.29) is 5.69 Å². The van der Waals surface area contributed by atoms with Gasteiger partial charge in [-0.3, -0.25) is 10.1 Å². The fraction of sp³-hybridized carbons (Fsp3) is 0.333. The van der Waals surface area contributed by atoms with Crippen molar-refractivity contribution >= 4 is 5.69 Å². The summed E-state index contributed by atoms with van der Waals surface area (Å²) >= 11 is 0. The molecule has 0 spiro atoms. The minimum atomic E-state index is -0.429. The number of ether oxygens (including phenoxy) is 3. The predicted molar refractivity (Wildman–Crippen MR) is 94.5 cm³/mol. The number of hydrogen-bond donors (Lipinski definition) is 1. The third-order valence-corrected chi connectivity index (χ3v) is 3.59. The summed E-state index contributed by atoms with van der Waals surface area (Å²) in [5.41, 5.74) is 1.16. The van der Waals surface area contributed by atoms with Crippen LogP contribution in [-0.2, 0) is 6.54 Å². The van der Waals surface area contributed by atoms with Crippen LogP contribution in [0.3, 0.4) is 0 Å². The van der Waals surface area contributed by atoms with Crippen molar-refractivity contribution in [3.05, 3.63) is 58.1 Å². The third-order valence-electron chi connectivity index (χ3n) is 3.59. The van der Waals surface area contributed by atoms with Crippen molar-refractivity contribution in [1.29, 1.82) is 0 Å².